The highest BCUT2D eigenvalue weighted by atomic mass is 32.1. The normalized spacial score (nSPS) is 10.7. The number of pyridine rings is 2. The fourth-order valence-corrected chi connectivity index (χ4v) is 3.94. The van der Waals surface area contributed by atoms with Crippen LogP contribution in [-0.2, 0) is 6.54 Å². The molecule has 1 N–H and O–H groups in total. The molecule has 3 heterocycles. The fourth-order valence-electron chi connectivity index (χ4n) is 3.10. The van der Waals surface area contributed by atoms with Crippen LogP contribution in [0, 0.1) is 13.8 Å². The molecule has 0 unspecified atom stereocenters. The molecule has 0 spiro atoms. The number of carbonyl (C=O) groups is 1. The molecule has 0 fully saturated rings. The van der Waals surface area contributed by atoms with Crippen molar-refractivity contribution in [2.75, 3.05) is 0 Å². The first-order valence-electron chi connectivity index (χ1n) is 9.28. The number of aromatic nitrogens is 3. The van der Waals surface area contributed by atoms with Crippen molar-refractivity contribution in [3.05, 3.63) is 88.9 Å². The summed E-state index contributed by atoms with van der Waals surface area (Å²) in [4.78, 5) is 26.6. The Bertz CT molecular complexity index is 1150. The molecule has 144 valence electrons. The zero-order chi connectivity index (χ0) is 20.2. The summed E-state index contributed by atoms with van der Waals surface area (Å²) < 4.78 is 0. The lowest BCUT2D eigenvalue weighted by molar-refractivity contribution is 0.0950. The molecule has 29 heavy (non-hydrogen) atoms. The number of amides is 1. The van der Waals surface area contributed by atoms with Crippen LogP contribution in [0.15, 0.2) is 67.1 Å². The maximum atomic E-state index is 12.5. The lowest BCUT2D eigenvalue weighted by Gasteiger charge is -2.09. The van der Waals surface area contributed by atoms with Gasteiger partial charge in [-0.3, -0.25) is 14.8 Å². The fraction of sp³-hybridized carbons (Fsp3) is 0.130. The van der Waals surface area contributed by atoms with Crippen molar-refractivity contribution in [1.82, 2.24) is 20.3 Å². The topological polar surface area (TPSA) is 67.8 Å². The number of nitrogens with one attached hydrogen (secondary N) is 1. The molecule has 6 heteroatoms. The van der Waals surface area contributed by atoms with E-state index in [9.17, 15) is 4.79 Å². The number of thiazole rings is 1. The van der Waals surface area contributed by atoms with Crippen LogP contribution >= 0.6 is 11.3 Å². The van der Waals surface area contributed by atoms with E-state index < -0.39 is 0 Å². The van der Waals surface area contributed by atoms with Crippen LogP contribution in [-0.4, -0.2) is 20.9 Å². The van der Waals surface area contributed by atoms with Gasteiger partial charge in [-0.25, -0.2) is 4.98 Å². The first-order chi connectivity index (χ1) is 14.1. The van der Waals surface area contributed by atoms with Gasteiger partial charge in [-0.2, -0.15) is 0 Å². The van der Waals surface area contributed by atoms with Crippen LogP contribution in [0.3, 0.4) is 0 Å². The van der Waals surface area contributed by atoms with Crippen molar-refractivity contribution >= 4 is 17.2 Å². The molecule has 1 amide bonds. The molecule has 5 nitrogen and oxygen atoms in total. The Morgan fingerprint density at radius 2 is 1.79 bits per heavy atom. The Morgan fingerprint density at radius 1 is 0.966 bits per heavy atom. The molecule has 4 rings (SSSR count). The van der Waals surface area contributed by atoms with Gasteiger partial charge in [0.15, 0.2) is 5.01 Å². The molecule has 3 aromatic heterocycles. The minimum absolute atomic E-state index is 0.177. The van der Waals surface area contributed by atoms with Gasteiger partial charge >= 0.3 is 0 Å². The molecule has 4 aromatic rings. The Morgan fingerprint density at radius 3 is 2.55 bits per heavy atom. The first-order valence-corrected chi connectivity index (χ1v) is 10.1. The van der Waals surface area contributed by atoms with E-state index in [4.69, 9.17) is 0 Å². The SMILES string of the molecule is Cc1cc(-c2ncc(CNC(=O)c3ncc(-c4ccccc4)s3)cc2C)ccn1. The highest BCUT2D eigenvalue weighted by molar-refractivity contribution is 7.16. The molecule has 1 aromatic carbocycles. The van der Waals surface area contributed by atoms with Gasteiger partial charge < -0.3 is 5.32 Å². The Balaban J connectivity index is 1.43. The monoisotopic (exact) mass is 400 g/mol. The molecular weight excluding hydrogens is 380 g/mol. The molecule has 0 radical (unpaired) electrons. The molecule has 0 atom stereocenters. The van der Waals surface area contributed by atoms with Crippen LogP contribution < -0.4 is 5.32 Å². The van der Waals surface area contributed by atoms with Crippen molar-refractivity contribution < 1.29 is 4.79 Å². The summed E-state index contributed by atoms with van der Waals surface area (Å²) in [6.07, 6.45) is 5.33. The second-order valence-electron chi connectivity index (χ2n) is 6.77. The highest BCUT2D eigenvalue weighted by Crippen LogP contribution is 2.26. The van der Waals surface area contributed by atoms with Crippen LogP contribution in [0.4, 0.5) is 0 Å². The minimum Gasteiger partial charge on any atom is -0.346 e. The van der Waals surface area contributed by atoms with Gasteiger partial charge in [0.1, 0.15) is 0 Å². The minimum atomic E-state index is -0.177. The van der Waals surface area contributed by atoms with Gasteiger partial charge in [-0.15, -0.1) is 11.3 Å². The number of carbonyl (C=O) groups excluding carboxylic acids is 1. The Kier molecular flexibility index (Phi) is 5.44. The van der Waals surface area contributed by atoms with Gasteiger partial charge in [0.05, 0.1) is 10.6 Å². The molecular formula is C23H20N4OS. The predicted octanol–water partition coefficient (Wildman–Crippen LogP) is 4.81. The van der Waals surface area contributed by atoms with E-state index in [0.717, 1.165) is 38.5 Å². The second kappa shape index (κ2) is 8.32. The largest absolute Gasteiger partial charge is 0.346 e. The van der Waals surface area contributed by atoms with Crippen molar-refractivity contribution in [2.24, 2.45) is 0 Å². The van der Waals surface area contributed by atoms with E-state index in [0.29, 0.717) is 11.6 Å². The van der Waals surface area contributed by atoms with Crippen molar-refractivity contribution in [3.63, 3.8) is 0 Å². The molecule has 0 bridgehead atoms. The van der Waals surface area contributed by atoms with Crippen LogP contribution in [0.1, 0.15) is 26.6 Å². The molecule has 0 saturated carbocycles. The summed E-state index contributed by atoms with van der Waals surface area (Å²) in [5.41, 5.74) is 6.00. The molecule has 0 aliphatic carbocycles. The number of hydrogen-bond donors (Lipinski definition) is 1. The average Bonchev–Trinajstić information content (AvgIpc) is 3.23. The van der Waals surface area contributed by atoms with E-state index in [-0.39, 0.29) is 5.91 Å². The van der Waals surface area contributed by atoms with Crippen LogP contribution in [0.2, 0.25) is 0 Å². The van der Waals surface area contributed by atoms with E-state index in [1.807, 2.05) is 56.3 Å². The summed E-state index contributed by atoms with van der Waals surface area (Å²) in [6.45, 7) is 4.39. The number of hydrogen-bond acceptors (Lipinski definition) is 5. The summed E-state index contributed by atoms with van der Waals surface area (Å²) >= 11 is 1.39. The van der Waals surface area contributed by atoms with E-state index in [1.54, 1.807) is 18.6 Å². The molecule has 0 aliphatic rings. The van der Waals surface area contributed by atoms with Crippen LogP contribution in [0.5, 0.6) is 0 Å². The quantitative estimate of drug-likeness (QED) is 0.522. The van der Waals surface area contributed by atoms with E-state index in [2.05, 4.69) is 26.3 Å². The maximum absolute atomic E-state index is 12.5. The summed E-state index contributed by atoms with van der Waals surface area (Å²) in [7, 11) is 0. The number of rotatable bonds is 5. The van der Waals surface area contributed by atoms with Crippen LogP contribution in [0.25, 0.3) is 21.7 Å². The van der Waals surface area contributed by atoms with Gasteiger partial charge in [0.2, 0.25) is 0 Å². The standard InChI is InChI=1S/C23H20N4OS/c1-15-10-17(12-25-21(15)19-8-9-24-16(2)11-19)13-26-22(28)23-27-14-20(29-23)18-6-4-3-5-7-18/h3-12,14H,13H2,1-2H3,(H,26,28). The third kappa shape index (κ3) is 4.38. The number of nitrogens with zero attached hydrogens (tertiary/aromatic N) is 3. The second-order valence-corrected chi connectivity index (χ2v) is 7.80. The maximum Gasteiger partial charge on any atom is 0.280 e. The third-order valence-electron chi connectivity index (χ3n) is 4.52. The Labute approximate surface area is 173 Å². The third-order valence-corrected chi connectivity index (χ3v) is 5.56. The average molecular weight is 401 g/mol. The lowest BCUT2D eigenvalue weighted by Crippen LogP contribution is -2.22. The predicted molar refractivity (Wildman–Crippen MR) is 116 cm³/mol. The van der Waals surface area contributed by atoms with Crippen molar-refractivity contribution in [2.45, 2.75) is 20.4 Å². The molecule has 0 aliphatic heterocycles. The zero-order valence-corrected chi connectivity index (χ0v) is 17.0. The zero-order valence-electron chi connectivity index (χ0n) is 16.2. The highest BCUT2D eigenvalue weighted by Gasteiger charge is 2.12. The summed E-state index contributed by atoms with van der Waals surface area (Å²) in [5, 5.41) is 3.39. The van der Waals surface area contributed by atoms with Gasteiger partial charge in [0.25, 0.3) is 5.91 Å². The van der Waals surface area contributed by atoms with E-state index in [1.165, 1.54) is 11.3 Å². The number of aryl methyl sites for hydroxylation is 2. The molecule has 0 saturated heterocycles. The first kappa shape index (κ1) is 19.0. The van der Waals surface area contributed by atoms with Crippen molar-refractivity contribution in [1.29, 1.82) is 0 Å². The smallest absolute Gasteiger partial charge is 0.280 e. The lowest BCUT2D eigenvalue weighted by atomic mass is 10.1. The number of benzene rings is 1. The Hall–Kier alpha value is -3.38. The van der Waals surface area contributed by atoms with Crippen molar-refractivity contribution in [3.8, 4) is 21.7 Å². The van der Waals surface area contributed by atoms with E-state index >= 15 is 0 Å². The van der Waals surface area contributed by atoms with Gasteiger partial charge in [-0.1, -0.05) is 36.4 Å². The van der Waals surface area contributed by atoms with Gasteiger partial charge in [0, 0.05) is 36.4 Å². The summed E-state index contributed by atoms with van der Waals surface area (Å²) in [6, 6.07) is 16.0. The summed E-state index contributed by atoms with van der Waals surface area (Å²) in [5.74, 6) is -0.177. The van der Waals surface area contributed by atoms with Gasteiger partial charge in [-0.05, 0) is 42.7 Å².